The van der Waals surface area contributed by atoms with Crippen molar-refractivity contribution < 1.29 is 0 Å². The molecule has 2 aromatic rings. The molecule has 0 aliphatic heterocycles. The van der Waals surface area contributed by atoms with Crippen LogP contribution in [0.4, 0.5) is 11.4 Å². The highest BCUT2D eigenvalue weighted by Crippen LogP contribution is 2.30. The van der Waals surface area contributed by atoms with Crippen LogP contribution in [0.25, 0.3) is 10.2 Å². The van der Waals surface area contributed by atoms with Gasteiger partial charge in [0.1, 0.15) is 0 Å². The number of pyridine rings is 1. The van der Waals surface area contributed by atoms with Crippen molar-refractivity contribution in [1.82, 2.24) is 4.98 Å². The van der Waals surface area contributed by atoms with Crippen LogP contribution in [-0.4, -0.2) is 12.0 Å². The van der Waals surface area contributed by atoms with Crippen molar-refractivity contribution in [3.63, 3.8) is 0 Å². The number of nitrogens with one attached hydrogen (secondary N) is 1. The second-order valence-corrected chi connectivity index (χ2v) is 3.39. The Kier molecular flexibility index (Phi) is 1.62. The summed E-state index contributed by atoms with van der Waals surface area (Å²) < 4.78 is 1.06. The van der Waals surface area contributed by atoms with E-state index in [-0.39, 0.29) is 0 Å². The molecular weight excluding hydrogens is 170 g/mol. The van der Waals surface area contributed by atoms with Crippen molar-refractivity contribution in [2.75, 3.05) is 18.1 Å². The van der Waals surface area contributed by atoms with E-state index >= 15 is 0 Å². The summed E-state index contributed by atoms with van der Waals surface area (Å²) in [6.07, 6.45) is 1.75. The maximum Gasteiger partial charge on any atom is 0.0832 e. The number of hydrogen-bond donors (Lipinski definition) is 2. The van der Waals surface area contributed by atoms with E-state index in [1.165, 1.54) is 0 Å². The summed E-state index contributed by atoms with van der Waals surface area (Å²) in [6.45, 7) is 0. The molecule has 0 atom stereocenters. The lowest BCUT2D eigenvalue weighted by Gasteiger charge is -2.03. The molecular formula is C8H9N3S. The first kappa shape index (κ1) is 7.36. The van der Waals surface area contributed by atoms with Crippen molar-refractivity contribution in [3.8, 4) is 0 Å². The monoisotopic (exact) mass is 179 g/mol. The quantitative estimate of drug-likeness (QED) is 0.703. The predicted octanol–water partition coefficient (Wildman–Crippen LogP) is 1.92. The highest BCUT2D eigenvalue weighted by molar-refractivity contribution is 7.17. The molecule has 4 heteroatoms. The molecule has 2 heterocycles. The van der Waals surface area contributed by atoms with E-state index < -0.39 is 0 Å². The lowest BCUT2D eigenvalue weighted by atomic mass is 10.3. The maximum atomic E-state index is 5.88. The smallest absolute Gasteiger partial charge is 0.0832 e. The molecule has 0 aliphatic carbocycles. The van der Waals surface area contributed by atoms with Gasteiger partial charge in [-0.25, -0.2) is 0 Å². The van der Waals surface area contributed by atoms with Crippen LogP contribution in [0.1, 0.15) is 0 Å². The second kappa shape index (κ2) is 2.64. The number of thiophene rings is 1. The predicted molar refractivity (Wildman–Crippen MR) is 53.6 cm³/mol. The summed E-state index contributed by atoms with van der Waals surface area (Å²) in [4.78, 5) is 4.24. The summed E-state index contributed by atoms with van der Waals surface area (Å²) in [5, 5.41) is 4.99. The summed E-state index contributed by atoms with van der Waals surface area (Å²) in [7, 11) is 1.84. The van der Waals surface area contributed by atoms with Gasteiger partial charge in [-0.1, -0.05) is 0 Å². The average molecular weight is 179 g/mol. The molecule has 12 heavy (non-hydrogen) atoms. The zero-order valence-electron chi connectivity index (χ0n) is 6.66. The Labute approximate surface area is 74.2 Å². The zero-order valence-corrected chi connectivity index (χ0v) is 7.48. The van der Waals surface area contributed by atoms with E-state index in [9.17, 15) is 0 Å². The fraction of sp³-hybridized carbons (Fsp3) is 0.125. The molecule has 0 aliphatic rings. The van der Waals surface area contributed by atoms with Gasteiger partial charge in [-0.2, -0.15) is 0 Å². The van der Waals surface area contributed by atoms with E-state index in [1.54, 1.807) is 17.5 Å². The minimum atomic E-state index is 0.789. The van der Waals surface area contributed by atoms with Crippen LogP contribution in [-0.2, 0) is 0 Å². The fourth-order valence-electron chi connectivity index (χ4n) is 1.13. The Morgan fingerprint density at radius 1 is 1.58 bits per heavy atom. The number of aromatic nitrogens is 1. The third-order valence-corrected chi connectivity index (χ3v) is 2.72. The van der Waals surface area contributed by atoms with Crippen LogP contribution in [0, 0.1) is 0 Å². The van der Waals surface area contributed by atoms with E-state index in [1.807, 2.05) is 18.5 Å². The fourth-order valence-corrected chi connectivity index (χ4v) is 1.94. The molecule has 0 amide bonds. The van der Waals surface area contributed by atoms with E-state index in [0.717, 1.165) is 21.6 Å². The first-order valence-corrected chi connectivity index (χ1v) is 4.50. The third-order valence-electron chi connectivity index (χ3n) is 1.78. The number of nitrogens with two attached hydrogens (primary N) is 1. The number of fused-ring (bicyclic) bond motifs is 1. The van der Waals surface area contributed by atoms with Crippen molar-refractivity contribution in [2.45, 2.75) is 0 Å². The van der Waals surface area contributed by atoms with Gasteiger partial charge >= 0.3 is 0 Å². The first-order valence-electron chi connectivity index (χ1n) is 3.62. The molecule has 2 rings (SSSR count). The number of nitrogen functional groups attached to an aromatic ring is 1. The molecule has 0 bridgehead atoms. The maximum absolute atomic E-state index is 5.88. The van der Waals surface area contributed by atoms with Gasteiger partial charge in [-0.05, 0) is 11.4 Å². The summed E-state index contributed by atoms with van der Waals surface area (Å²) in [5.74, 6) is 0. The van der Waals surface area contributed by atoms with Crippen molar-refractivity contribution >= 4 is 32.9 Å². The lowest BCUT2D eigenvalue weighted by Crippen LogP contribution is -1.96. The Morgan fingerprint density at radius 3 is 3.17 bits per heavy atom. The van der Waals surface area contributed by atoms with Gasteiger partial charge in [0.05, 0.1) is 27.8 Å². The van der Waals surface area contributed by atoms with Crippen LogP contribution >= 0.6 is 11.3 Å². The molecule has 0 fully saturated rings. The molecule has 2 aromatic heterocycles. The molecule has 0 saturated heterocycles. The molecule has 0 spiro atoms. The molecule has 0 aromatic carbocycles. The molecule has 0 unspecified atom stereocenters. The SMILES string of the molecule is CNc1cnc2ccsc2c1N. The molecule has 0 radical (unpaired) electrons. The van der Waals surface area contributed by atoms with Crippen molar-refractivity contribution in [1.29, 1.82) is 0 Å². The van der Waals surface area contributed by atoms with Gasteiger partial charge in [0.15, 0.2) is 0 Å². The van der Waals surface area contributed by atoms with Crippen LogP contribution < -0.4 is 11.1 Å². The summed E-state index contributed by atoms with van der Waals surface area (Å²) in [5.41, 5.74) is 8.53. The Morgan fingerprint density at radius 2 is 2.42 bits per heavy atom. The van der Waals surface area contributed by atoms with E-state index in [2.05, 4.69) is 10.3 Å². The van der Waals surface area contributed by atoms with E-state index in [4.69, 9.17) is 5.73 Å². The lowest BCUT2D eigenvalue weighted by molar-refractivity contribution is 1.39. The third kappa shape index (κ3) is 0.921. The van der Waals surface area contributed by atoms with Gasteiger partial charge < -0.3 is 11.1 Å². The van der Waals surface area contributed by atoms with Crippen LogP contribution in [0.2, 0.25) is 0 Å². The van der Waals surface area contributed by atoms with Gasteiger partial charge in [-0.3, -0.25) is 4.98 Å². The van der Waals surface area contributed by atoms with Gasteiger partial charge in [0.25, 0.3) is 0 Å². The topological polar surface area (TPSA) is 50.9 Å². The van der Waals surface area contributed by atoms with Crippen molar-refractivity contribution in [3.05, 3.63) is 17.6 Å². The number of nitrogens with zero attached hydrogens (tertiary/aromatic N) is 1. The standard InChI is InChI=1S/C8H9N3S/c1-10-6-4-11-5-2-3-12-8(5)7(6)9/h2-4,10H,1H3,(H2,9,11). The number of anilines is 2. The Balaban J connectivity index is 2.78. The second-order valence-electron chi connectivity index (χ2n) is 2.47. The minimum absolute atomic E-state index is 0.789. The van der Waals surface area contributed by atoms with Gasteiger partial charge in [0.2, 0.25) is 0 Å². The molecule has 0 saturated carbocycles. The van der Waals surface area contributed by atoms with E-state index in [0.29, 0.717) is 0 Å². The number of hydrogen-bond acceptors (Lipinski definition) is 4. The highest BCUT2D eigenvalue weighted by Gasteiger charge is 2.04. The molecule has 3 N–H and O–H groups in total. The highest BCUT2D eigenvalue weighted by atomic mass is 32.1. The minimum Gasteiger partial charge on any atom is -0.396 e. The average Bonchev–Trinajstić information content (AvgIpc) is 2.53. The largest absolute Gasteiger partial charge is 0.396 e. The van der Waals surface area contributed by atoms with Crippen molar-refractivity contribution in [2.24, 2.45) is 0 Å². The Hall–Kier alpha value is -1.29. The zero-order chi connectivity index (χ0) is 8.55. The number of rotatable bonds is 1. The molecule has 62 valence electrons. The summed E-state index contributed by atoms with van der Waals surface area (Å²) >= 11 is 1.62. The first-order chi connectivity index (χ1) is 5.83. The van der Waals surface area contributed by atoms with Crippen LogP contribution in [0.3, 0.4) is 0 Å². The Bertz CT molecular complexity index is 408. The normalized spacial score (nSPS) is 10.4. The van der Waals surface area contributed by atoms with Gasteiger partial charge in [-0.15, -0.1) is 11.3 Å². The summed E-state index contributed by atoms with van der Waals surface area (Å²) in [6, 6.07) is 1.97. The van der Waals surface area contributed by atoms with Crippen LogP contribution in [0.5, 0.6) is 0 Å². The molecule has 3 nitrogen and oxygen atoms in total. The van der Waals surface area contributed by atoms with Gasteiger partial charge in [0, 0.05) is 7.05 Å². The van der Waals surface area contributed by atoms with Crippen LogP contribution in [0.15, 0.2) is 17.6 Å².